The predicted octanol–water partition coefficient (Wildman–Crippen LogP) is 1.57. The molecule has 0 atom stereocenters. The molecule has 0 unspecified atom stereocenters. The van der Waals surface area contributed by atoms with E-state index in [1.165, 1.54) is 6.33 Å². The minimum Gasteiger partial charge on any atom is -0.339 e. The van der Waals surface area contributed by atoms with Gasteiger partial charge in [-0.3, -0.25) is 0 Å². The first-order chi connectivity index (χ1) is 6.88. The summed E-state index contributed by atoms with van der Waals surface area (Å²) in [4.78, 5) is 7.95. The highest BCUT2D eigenvalue weighted by Gasteiger charge is 1.97. The molecule has 0 saturated heterocycles. The summed E-state index contributed by atoms with van der Waals surface area (Å²) in [6, 6.07) is 3.71. The molecule has 0 fully saturated rings. The summed E-state index contributed by atoms with van der Waals surface area (Å²) in [5, 5.41) is 7.11. The van der Waals surface area contributed by atoms with Crippen molar-refractivity contribution in [2.75, 3.05) is 10.7 Å². The van der Waals surface area contributed by atoms with Gasteiger partial charge < -0.3 is 10.7 Å². The van der Waals surface area contributed by atoms with Gasteiger partial charge in [-0.2, -0.15) is 11.3 Å². The van der Waals surface area contributed by atoms with Crippen molar-refractivity contribution in [2.45, 2.75) is 0 Å². The lowest BCUT2D eigenvalue weighted by molar-refractivity contribution is 1.14. The van der Waals surface area contributed by atoms with E-state index in [1.807, 2.05) is 16.8 Å². The van der Waals surface area contributed by atoms with Crippen LogP contribution in [0.2, 0.25) is 0 Å². The van der Waals surface area contributed by atoms with Crippen LogP contribution in [0.1, 0.15) is 0 Å². The summed E-state index contributed by atoms with van der Waals surface area (Å²) in [6.45, 7) is 0. The molecule has 0 bridgehead atoms. The first-order valence-corrected chi connectivity index (χ1v) is 4.90. The Morgan fingerprint density at radius 3 is 2.86 bits per heavy atom. The molecule has 72 valence electrons. The van der Waals surface area contributed by atoms with Gasteiger partial charge in [-0.15, -0.1) is 0 Å². The summed E-state index contributed by atoms with van der Waals surface area (Å²) >= 11 is 1.62. The lowest BCUT2D eigenvalue weighted by Gasteiger charge is -2.03. The summed E-state index contributed by atoms with van der Waals surface area (Å²) in [5.41, 5.74) is 3.47. The number of nitrogens with one attached hydrogen (secondary N) is 2. The number of nitrogens with two attached hydrogens (primary N) is 1. The first-order valence-electron chi connectivity index (χ1n) is 3.96. The smallest absolute Gasteiger partial charge is 0.145 e. The number of nitrogen functional groups attached to an aromatic ring is 1. The van der Waals surface area contributed by atoms with Crippen LogP contribution in [0.25, 0.3) is 0 Å². The van der Waals surface area contributed by atoms with Crippen LogP contribution in [0.15, 0.2) is 29.2 Å². The van der Waals surface area contributed by atoms with E-state index in [9.17, 15) is 0 Å². The third-order valence-corrected chi connectivity index (χ3v) is 2.29. The maximum atomic E-state index is 5.23. The number of nitrogens with zero attached hydrogens (tertiary/aromatic N) is 2. The van der Waals surface area contributed by atoms with E-state index in [-0.39, 0.29) is 0 Å². The number of hydrazine groups is 1. The van der Waals surface area contributed by atoms with Crippen molar-refractivity contribution >= 4 is 28.7 Å². The quantitative estimate of drug-likeness (QED) is 0.526. The van der Waals surface area contributed by atoms with E-state index in [2.05, 4.69) is 20.7 Å². The van der Waals surface area contributed by atoms with Crippen LogP contribution in [-0.2, 0) is 0 Å². The van der Waals surface area contributed by atoms with Gasteiger partial charge >= 0.3 is 0 Å². The maximum Gasteiger partial charge on any atom is 0.145 e. The molecule has 0 aliphatic carbocycles. The van der Waals surface area contributed by atoms with Crippen molar-refractivity contribution in [2.24, 2.45) is 5.84 Å². The normalized spacial score (nSPS) is 9.79. The molecule has 0 amide bonds. The Balaban J connectivity index is 2.17. The van der Waals surface area contributed by atoms with Crippen molar-refractivity contribution in [3.63, 3.8) is 0 Å². The van der Waals surface area contributed by atoms with Crippen LogP contribution in [0.3, 0.4) is 0 Å². The maximum absolute atomic E-state index is 5.23. The molecule has 14 heavy (non-hydrogen) atoms. The largest absolute Gasteiger partial charge is 0.339 e. The second-order valence-electron chi connectivity index (χ2n) is 2.57. The topological polar surface area (TPSA) is 75.9 Å². The second kappa shape index (κ2) is 4.03. The molecule has 6 heteroatoms. The fourth-order valence-corrected chi connectivity index (χ4v) is 1.58. The van der Waals surface area contributed by atoms with Crippen molar-refractivity contribution in [1.29, 1.82) is 0 Å². The van der Waals surface area contributed by atoms with Crippen molar-refractivity contribution in [1.82, 2.24) is 9.97 Å². The Kier molecular flexibility index (Phi) is 2.57. The fourth-order valence-electron chi connectivity index (χ4n) is 0.988. The number of rotatable bonds is 3. The molecule has 0 radical (unpaired) electrons. The highest BCUT2D eigenvalue weighted by atomic mass is 32.1. The Hall–Kier alpha value is -1.66. The fraction of sp³-hybridized carbons (Fsp3) is 0. The van der Waals surface area contributed by atoms with E-state index in [1.54, 1.807) is 17.4 Å². The number of anilines is 3. The highest BCUT2D eigenvalue weighted by Crippen LogP contribution is 2.17. The van der Waals surface area contributed by atoms with Crippen LogP contribution in [0.5, 0.6) is 0 Å². The summed E-state index contributed by atoms with van der Waals surface area (Å²) in [6.07, 6.45) is 1.45. The van der Waals surface area contributed by atoms with E-state index in [0.717, 1.165) is 5.69 Å². The van der Waals surface area contributed by atoms with Crippen molar-refractivity contribution < 1.29 is 0 Å². The lowest BCUT2D eigenvalue weighted by Crippen LogP contribution is -2.09. The van der Waals surface area contributed by atoms with E-state index in [4.69, 9.17) is 5.84 Å². The highest BCUT2D eigenvalue weighted by molar-refractivity contribution is 7.08. The van der Waals surface area contributed by atoms with Crippen LogP contribution < -0.4 is 16.6 Å². The first kappa shape index (κ1) is 8.92. The second-order valence-corrected chi connectivity index (χ2v) is 3.35. The third-order valence-electron chi connectivity index (χ3n) is 1.61. The van der Waals surface area contributed by atoms with Crippen LogP contribution in [-0.4, -0.2) is 9.97 Å². The van der Waals surface area contributed by atoms with Gasteiger partial charge in [0.25, 0.3) is 0 Å². The van der Waals surface area contributed by atoms with Gasteiger partial charge in [-0.05, 0) is 11.4 Å². The molecule has 2 heterocycles. The monoisotopic (exact) mass is 207 g/mol. The molecule has 4 N–H and O–H groups in total. The van der Waals surface area contributed by atoms with E-state index in [0.29, 0.717) is 11.6 Å². The molecule has 0 spiro atoms. The zero-order chi connectivity index (χ0) is 9.80. The molecular formula is C8H9N5S. The molecule has 0 aliphatic rings. The number of hydrogen-bond donors (Lipinski definition) is 3. The lowest BCUT2D eigenvalue weighted by atomic mass is 10.5. The summed E-state index contributed by atoms with van der Waals surface area (Å²) in [5.74, 6) is 6.52. The average Bonchev–Trinajstić information content (AvgIpc) is 2.71. The van der Waals surface area contributed by atoms with Gasteiger partial charge in [0.15, 0.2) is 0 Å². The van der Waals surface area contributed by atoms with Crippen LogP contribution in [0.4, 0.5) is 17.3 Å². The van der Waals surface area contributed by atoms with Gasteiger partial charge in [0, 0.05) is 11.4 Å². The minimum atomic E-state index is 0.581. The van der Waals surface area contributed by atoms with Gasteiger partial charge in [0.05, 0.1) is 5.69 Å². The van der Waals surface area contributed by atoms with E-state index >= 15 is 0 Å². The van der Waals surface area contributed by atoms with Crippen LogP contribution >= 0.6 is 11.3 Å². The third kappa shape index (κ3) is 1.98. The SMILES string of the molecule is NNc1cc(Nc2ccsc2)ncn1. The summed E-state index contributed by atoms with van der Waals surface area (Å²) in [7, 11) is 0. The van der Waals surface area contributed by atoms with Gasteiger partial charge in [-0.25, -0.2) is 15.8 Å². The molecule has 0 aromatic carbocycles. The van der Waals surface area contributed by atoms with Crippen molar-refractivity contribution in [3.05, 3.63) is 29.2 Å². The zero-order valence-electron chi connectivity index (χ0n) is 7.27. The molecule has 0 aliphatic heterocycles. The number of thiophene rings is 1. The standard InChI is InChI=1S/C8H9N5S/c9-13-8-3-7(10-5-11-8)12-6-1-2-14-4-6/h1-5H,9H2,(H2,10,11,12,13). The molecule has 2 aromatic rings. The molecular weight excluding hydrogens is 198 g/mol. The Morgan fingerprint density at radius 1 is 1.29 bits per heavy atom. The van der Waals surface area contributed by atoms with E-state index < -0.39 is 0 Å². The average molecular weight is 207 g/mol. The molecule has 5 nitrogen and oxygen atoms in total. The number of aromatic nitrogens is 2. The van der Waals surface area contributed by atoms with Gasteiger partial charge in [-0.1, -0.05) is 0 Å². The number of hydrogen-bond acceptors (Lipinski definition) is 6. The Labute approximate surface area is 85.0 Å². The zero-order valence-corrected chi connectivity index (χ0v) is 8.08. The van der Waals surface area contributed by atoms with Gasteiger partial charge in [0.2, 0.25) is 0 Å². The molecule has 0 saturated carbocycles. The Morgan fingerprint density at radius 2 is 2.14 bits per heavy atom. The van der Waals surface area contributed by atoms with Gasteiger partial charge in [0.1, 0.15) is 18.0 Å². The minimum absolute atomic E-state index is 0.581. The van der Waals surface area contributed by atoms with Crippen molar-refractivity contribution in [3.8, 4) is 0 Å². The molecule has 2 aromatic heterocycles. The summed E-state index contributed by atoms with van der Waals surface area (Å²) < 4.78 is 0. The van der Waals surface area contributed by atoms with Crippen LogP contribution in [0, 0.1) is 0 Å². The molecule has 2 rings (SSSR count). The Bertz CT molecular complexity index is 400. The predicted molar refractivity (Wildman–Crippen MR) is 57.4 cm³/mol.